The van der Waals surface area contributed by atoms with Gasteiger partial charge in [-0.1, -0.05) is 32.4 Å². The number of hydrogen-bond donors (Lipinski definition) is 1. The molecule has 0 amide bonds. The molecule has 0 bridgehead atoms. The van der Waals surface area contributed by atoms with Gasteiger partial charge in [-0.15, -0.1) is 0 Å². The lowest BCUT2D eigenvalue weighted by Crippen LogP contribution is -2.44. The zero-order valence-electron chi connectivity index (χ0n) is 13.6. The highest BCUT2D eigenvalue weighted by molar-refractivity contribution is 6.74. The Bertz CT molecular complexity index is 307. The number of hydrogen-bond acceptors (Lipinski definition) is 2. The van der Waals surface area contributed by atoms with E-state index in [0.717, 1.165) is 5.57 Å². The second-order valence-corrected chi connectivity index (χ2v) is 12.3. The topological polar surface area (TPSA) is 29.5 Å². The van der Waals surface area contributed by atoms with Crippen LogP contribution in [-0.4, -0.2) is 26.1 Å². The van der Waals surface area contributed by atoms with Crippen molar-refractivity contribution in [2.75, 3.05) is 6.61 Å². The zero-order valence-corrected chi connectivity index (χ0v) is 14.6. The quantitative estimate of drug-likeness (QED) is 0.608. The van der Waals surface area contributed by atoms with Gasteiger partial charge in [-0.2, -0.15) is 0 Å². The van der Waals surface area contributed by atoms with Gasteiger partial charge in [-0.3, -0.25) is 0 Å². The van der Waals surface area contributed by atoms with E-state index in [1.807, 2.05) is 6.92 Å². The Kier molecular flexibility index (Phi) is 5.84. The van der Waals surface area contributed by atoms with Crippen LogP contribution in [-0.2, 0) is 4.43 Å². The highest BCUT2D eigenvalue weighted by Gasteiger charge is 2.39. The molecule has 0 unspecified atom stereocenters. The van der Waals surface area contributed by atoms with Crippen LogP contribution in [0.4, 0.5) is 0 Å². The summed E-state index contributed by atoms with van der Waals surface area (Å²) >= 11 is 0. The van der Waals surface area contributed by atoms with Crippen molar-refractivity contribution >= 4 is 8.32 Å². The maximum absolute atomic E-state index is 9.07. The van der Waals surface area contributed by atoms with E-state index in [0.29, 0.717) is 17.1 Å². The van der Waals surface area contributed by atoms with Crippen molar-refractivity contribution in [2.24, 2.45) is 5.92 Å². The Balaban J connectivity index is 2.47. The van der Waals surface area contributed by atoms with Crippen LogP contribution >= 0.6 is 0 Å². The average molecular weight is 285 g/mol. The van der Waals surface area contributed by atoms with Crippen LogP contribution in [0.3, 0.4) is 0 Å². The Labute approximate surface area is 120 Å². The van der Waals surface area contributed by atoms with Crippen molar-refractivity contribution in [1.29, 1.82) is 0 Å². The third-order valence-electron chi connectivity index (χ3n) is 4.76. The van der Waals surface area contributed by atoms with Crippen molar-refractivity contribution in [1.82, 2.24) is 0 Å². The maximum atomic E-state index is 9.07. The van der Waals surface area contributed by atoms with E-state index >= 15 is 0 Å². The lowest BCUT2D eigenvalue weighted by atomic mass is 9.86. The van der Waals surface area contributed by atoms with Crippen LogP contribution in [0.15, 0.2) is 11.6 Å². The summed E-state index contributed by atoms with van der Waals surface area (Å²) in [7, 11) is -1.61. The Morgan fingerprint density at radius 3 is 2.16 bits per heavy atom. The molecule has 1 rings (SSSR count). The molecular formula is C16H32O2Si. The van der Waals surface area contributed by atoms with Crippen molar-refractivity contribution in [3.63, 3.8) is 0 Å². The summed E-state index contributed by atoms with van der Waals surface area (Å²) < 4.78 is 6.49. The first-order valence-corrected chi connectivity index (χ1v) is 10.5. The predicted molar refractivity (Wildman–Crippen MR) is 84.9 cm³/mol. The fourth-order valence-electron chi connectivity index (χ4n) is 2.42. The lowest BCUT2D eigenvalue weighted by Gasteiger charge is -2.41. The van der Waals surface area contributed by atoms with E-state index in [9.17, 15) is 0 Å². The average Bonchev–Trinajstić information content (AvgIpc) is 2.29. The number of rotatable bonds is 4. The van der Waals surface area contributed by atoms with Gasteiger partial charge in [-0.25, -0.2) is 0 Å². The first-order valence-electron chi connectivity index (χ1n) is 7.61. The van der Waals surface area contributed by atoms with E-state index in [2.05, 4.69) is 39.9 Å². The highest BCUT2D eigenvalue weighted by Crippen LogP contribution is 2.39. The molecule has 0 aromatic heterocycles. The van der Waals surface area contributed by atoms with Crippen molar-refractivity contribution < 1.29 is 9.53 Å². The van der Waals surface area contributed by atoms with Gasteiger partial charge >= 0.3 is 0 Å². The minimum atomic E-state index is -1.61. The van der Waals surface area contributed by atoms with Gasteiger partial charge in [0.05, 0.1) is 6.61 Å². The molecule has 1 N–H and O–H groups in total. The SMILES string of the molecule is C/C(=C\[C@H]1CC[C@H](O[Si](C)(C)C(C)(C)C)CC1)CO. The molecule has 1 aliphatic carbocycles. The number of aliphatic hydroxyl groups excluding tert-OH is 1. The van der Waals surface area contributed by atoms with Crippen LogP contribution in [0.2, 0.25) is 18.1 Å². The van der Waals surface area contributed by atoms with Crippen LogP contribution in [0.5, 0.6) is 0 Å². The lowest BCUT2D eigenvalue weighted by molar-refractivity contribution is 0.125. The van der Waals surface area contributed by atoms with Crippen molar-refractivity contribution in [3.05, 3.63) is 11.6 Å². The maximum Gasteiger partial charge on any atom is 0.192 e. The third kappa shape index (κ3) is 5.05. The summed E-state index contributed by atoms with van der Waals surface area (Å²) in [5.74, 6) is 0.645. The van der Waals surface area contributed by atoms with Crippen molar-refractivity contribution in [3.8, 4) is 0 Å². The summed E-state index contributed by atoms with van der Waals surface area (Å²) in [5.41, 5.74) is 1.11. The van der Waals surface area contributed by atoms with E-state index in [4.69, 9.17) is 9.53 Å². The van der Waals surface area contributed by atoms with Gasteiger partial charge in [0.25, 0.3) is 0 Å². The molecule has 1 saturated carbocycles. The first kappa shape index (κ1) is 16.9. The molecule has 1 fully saturated rings. The van der Waals surface area contributed by atoms with Gasteiger partial charge in [0.15, 0.2) is 8.32 Å². The molecule has 2 nitrogen and oxygen atoms in total. The van der Waals surface area contributed by atoms with Crippen LogP contribution in [0.25, 0.3) is 0 Å². The monoisotopic (exact) mass is 284 g/mol. The number of aliphatic hydroxyl groups is 1. The molecule has 19 heavy (non-hydrogen) atoms. The normalized spacial score (nSPS) is 26.6. The van der Waals surface area contributed by atoms with Gasteiger partial charge in [0.2, 0.25) is 0 Å². The summed E-state index contributed by atoms with van der Waals surface area (Å²) in [6, 6.07) is 0. The van der Waals surface area contributed by atoms with Crippen LogP contribution in [0.1, 0.15) is 53.4 Å². The number of allylic oxidation sites excluding steroid dienone is 1. The molecule has 0 radical (unpaired) electrons. The second kappa shape index (κ2) is 6.55. The van der Waals surface area contributed by atoms with Gasteiger partial charge < -0.3 is 9.53 Å². The fourth-order valence-corrected chi connectivity index (χ4v) is 3.84. The Hall–Kier alpha value is -0.123. The van der Waals surface area contributed by atoms with E-state index in [1.165, 1.54) is 25.7 Å². The third-order valence-corrected chi connectivity index (χ3v) is 9.29. The summed E-state index contributed by atoms with van der Waals surface area (Å²) in [6.07, 6.45) is 7.47. The second-order valence-electron chi connectivity index (χ2n) is 7.59. The van der Waals surface area contributed by atoms with E-state index in [-0.39, 0.29) is 6.61 Å². The standard InChI is InChI=1S/C16H32O2Si/c1-13(12-17)11-14-7-9-15(10-8-14)18-19(5,6)16(2,3)4/h11,14-15,17H,7-10,12H2,1-6H3/b13-11+/t14-,15-. The molecule has 0 saturated heterocycles. The molecule has 0 spiro atoms. The van der Waals surface area contributed by atoms with E-state index < -0.39 is 8.32 Å². The summed E-state index contributed by atoms with van der Waals surface area (Å²) in [6.45, 7) is 13.8. The molecule has 0 heterocycles. The minimum absolute atomic E-state index is 0.195. The summed E-state index contributed by atoms with van der Waals surface area (Å²) in [4.78, 5) is 0. The Morgan fingerprint density at radius 1 is 1.21 bits per heavy atom. The molecule has 3 heteroatoms. The molecule has 0 aromatic carbocycles. The molecule has 0 aromatic rings. The Morgan fingerprint density at radius 2 is 1.74 bits per heavy atom. The molecule has 112 valence electrons. The van der Waals surface area contributed by atoms with Crippen molar-refractivity contribution in [2.45, 2.75) is 77.6 Å². The van der Waals surface area contributed by atoms with Gasteiger partial charge in [-0.05, 0) is 56.7 Å². The fraction of sp³-hybridized carbons (Fsp3) is 0.875. The smallest absolute Gasteiger partial charge is 0.192 e. The predicted octanol–water partition coefficient (Wildman–Crippen LogP) is 4.51. The minimum Gasteiger partial charge on any atom is -0.414 e. The first-order chi connectivity index (χ1) is 8.65. The molecular weight excluding hydrogens is 252 g/mol. The highest BCUT2D eigenvalue weighted by atomic mass is 28.4. The van der Waals surface area contributed by atoms with Crippen LogP contribution < -0.4 is 0 Å². The largest absolute Gasteiger partial charge is 0.414 e. The summed E-state index contributed by atoms with van der Waals surface area (Å²) in [5, 5.41) is 9.38. The molecule has 0 atom stereocenters. The van der Waals surface area contributed by atoms with E-state index in [1.54, 1.807) is 0 Å². The zero-order chi connectivity index (χ0) is 14.7. The van der Waals surface area contributed by atoms with Gasteiger partial charge in [0, 0.05) is 6.10 Å². The van der Waals surface area contributed by atoms with Gasteiger partial charge in [0.1, 0.15) is 0 Å². The van der Waals surface area contributed by atoms with Crippen LogP contribution in [0, 0.1) is 5.92 Å². The molecule has 1 aliphatic rings. The molecule has 0 aliphatic heterocycles.